The molecule has 108 valence electrons. The van der Waals surface area contributed by atoms with Crippen LogP contribution in [0.25, 0.3) is 0 Å². The highest BCUT2D eigenvalue weighted by Crippen LogP contribution is 2.16. The first-order valence-corrected chi connectivity index (χ1v) is 6.64. The number of benzene rings is 1. The number of para-hydroxylation sites is 1. The van der Waals surface area contributed by atoms with Crippen LogP contribution in [-0.4, -0.2) is 40.4 Å². The van der Waals surface area contributed by atoms with Gasteiger partial charge in [-0.15, -0.1) is 5.10 Å². The van der Waals surface area contributed by atoms with Crippen molar-refractivity contribution in [1.82, 2.24) is 15.0 Å². The van der Waals surface area contributed by atoms with Gasteiger partial charge in [-0.1, -0.05) is 23.4 Å². The highest BCUT2D eigenvalue weighted by atomic mass is 16.5. The lowest BCUT2D eigenvalue weighted by Gasteiger charge is -2.10. The molecule has 0 fully saturated rings. The van der Waals surface area contributed by atoms with E-state index in [-0.39, 0.29) is 6.61 Å². The Bertz CT molecular complexity index is 527. The van der Waals surface area contributed by atoms with E-state index in [0.29, 0.717) is 19.7 Å². The predicted molar refractivity (Wildman–Crippen MR) is 76.5 cm³/mol. The molecular weight excluding hydrogens is 256 g/mol. The van der Waals surface area contributed by atoms with Crippen LogP contribution in [0.5, 0.6) is 0 Å². The van der Waals surface area contributed by atoms with E-state index in [1.54, 1.807) is 11.8 Å². The van der Waals surface area contributed by atoms with E-state index in [9.17, 15) is 0 Å². The molecule has 0 radical (unpaired) electrons. The smallest absolute Gasteiger partial charge is 0.102 e. The molecular formula is C14H20N4O2. The maximum absolute atomic E-state index is 8.84. The topological polar surface area (TPSA) is 72.2 Å². The second kappa shape index (κ2) is 7.62. The van der Waals surface area contributed by atoms with Gasteiger partial charge >= 0.3 is 0 Å². The van der Waals surface area contributed by atoms with Gasteiger partial charge in [-0.05, 0) is 18.1 Å². The van der Waals surface area contributed by atoms with Gasteiger partial charge in [0.05, 0.1) is 32.5 Å². The van der Waals surface area contributed by atoms with E-state index in [2.05, 4.69) is 21.7 Å². The molecule has 0 aliphatic heterocycles. The van der Waals surface area contributed by atoms with Crippen molar-refractivity contribution in [2.24, 2.45) is 0 Å². The second-order valence-electron chi connectivity index (χ2n) is 4.45. The summed E-state index contributed by atoms with van der Waals surface area (Å²) in [5.74, 6) is 0. The number of methoxy groups -OCH3 is 1. The fraction of sp³-hybridized carbons (Fsp3) is 0.429. The van der Waals surface area contributed by atoms with E-state index in [0.717, 1.165) is 17.8 Å². The molecule has 1 aromatic heterocycles. The molecule has 0 atom stereocenters. The third-order valence-corrected chi connectivity index (χ3v) is 2.97. The SMILES string of the molecule is COCCc1ccccc1NCc1cn(CCO)nn1. The number of aromatic nitrogens is 3. The predicted octanol–water partition coefficient (Wildman–Crippen LogP) is 1.07. The Balaban J connectivity index is 1.95. The highest BCUT2D eigenvalue weighted by molar-refractivity contribution is 5.51. The van der Waals surface area contributed by atoms with Gasteiger partial charge in [0.1, 0.15) is 5.69 Å². The maximum Gasteiger partial charge on any atom is 0.102 e. The van der Waals surface area contributed by atoms with Gasteiger partial charge in [0.25, 0.3) is 0 Å². The Hall–Kier alpha value is -1.92. The lowest BCUT2D eigenvalue weighted by atomic mass is 10.1. The summed E-state index contributed by atoms with van der Waals surface area (Å²) in [6.07, 6.45) is 2.71. The average Bonchev–Trinajstić information content (AvgIpc) is 2.92. The summed E-state index contributed by atoms with van der Waals surface area (Å²) < 4.78 is 6.75. The molecule has 2 rings (SSSR count). The van der Waals surface area contributed by atoms with E-state index in [1.807, 2.05) is 24.4 Å². The third kappa shape index (κ3) is 4.04. The van der Waals surface area contributed by atoms with Gasteiger partial charge in [-0.3, -0.25) is 0 Å². The standard InChI is InChI=1S/C14H20N4O2/c1-20-9-6-12-4-2-3-5-14(12)15-10-13-11-18(7-8-19)17-16-13/h2-5,11,15,19H,6-10H2,1H3. The highest BCUT2D eigenvalue weighted by Gasteiger charge is 2.04. The number of ether oxygens (including phenoxy) is 1. The number of aliphatic hydroxyl groups is 1. The molecule has 0 unspecified atom stereocenters. The fourth-order valence-corrected chi connectivity index (χ4v) is 1.94. The van der Waals surface area contributed by atoms with Gasteiger partial charge in [0.15, 0.2) is 0 Å². The number of aliphatic hydroxyl groups excluding tert-OH is 1. The molecule has 1 heterocycles. The second-order valence-corrected chi connectivity index (χ2v) is 4.45. The molecule has 0 bridgehead atoms. The molecule has 0 spiro atoms. The van der Waals surface area contributed by atoms with Crippen molar-refractivity contribution in [3.8, 4) is 0 Å². The Morgan fingerprint density at radius 1 is 1.35 bits per heavy atom. The van der Waals surface area contributed by atoms with Gasteiger partial charge in [-0.2, -0.15) is 0 Å². The third-order valence-electron chi connectivity index (χ3n) is 2.97. The molecule has 1 aromatic carbocycles. The van der Waals surface area contributed by atoms with Crippen molar-refractivity contribution in [3.63, 3.8) is 0 Å². The Labute approximate surface area is 118 Å². The minimum atomic E-state index is 0.0656. The van der Waals surface area contributed by atoms with Gasteiger partial charge in [-0.25, -0.2) is 4.68 Å². The first-order chi connectivity index (χ1) is 9.83. The Morgan fingerprint density at radius 2 is 2.20 bits per heavy atom. The first kappa shape index (κ1) is 14.5. The normalized spacial score (nSPS) is 10.7. The molecule has 0 saturated heterocycles. The summed E-state index contributed by atoms with van der Waals surface area (Å²) in [6, 6.07) is 8.15. The van der Waals surface area contributed by atoms with Crippen molar-refractivity contribution < 1.29 is 9.84 Å². The van der Waals surface area contributed by atoms with Crippen LogP contribution in [0.1, 0.15) is 11.3 Å². The van der Waals surface area contributed by atoms with Crippen LogP contribution in [0.2, 0.25) is 0 Å². The van der Waals surface area contributed by atoms with Crippen molar-refractivity contribution >= 4 is 5.69 Å². The molecule has 2 aromatic rings. The molecule has 6 heteroatoms. The summed E-state index contributed by atoms with van der Waals surface area (Å²) in [4.78, 5) is 0. The molecule has 0 saturated carbocycles. The number of nitrogens with zero attached hydrogens (tertiary/aromatic N) is 3. The van der Waals surface area contributed by atoms with Crippen LogP contribution in [0.4, 0.5) is 5.69 Å². The largest absolute Gasteiger partial charge is 0.394 e. The van der Waals surface area contributed by atoms with Crippen LogP contribution in [0, 0.1) is 0 Å². The van der Waals surface area contributed by atoms with Crippen LogP contribution >= 0.6 is 0 Å². The van der Waals surface area contributed by atoms with Gasteiger partial charge in [0, 0.05) is 12.8 Å². The van der Waals surface area contributed by atoms with Crippen molar-refractivity contribution in [3.05, 3.63) is 41.7 Å². The van der Waals surface area contributed by atoms with Gasteiger partial charge < -0.3 is 15.2 Å². The zero-order chi connectivity index (χ0) is 14.2. The molecule has 2 N–H and O–H groups in total. The maximum atomic E-state index is 8.84. The summed E-state index contributed by atoms with van der Waals surface area (Å²) in [6.45, 7) is 1.84. The molecule has 0 aliphatic carbocycles. The quantitative estimate of drug-likeness (QED) is 0.754. The summed E-state index contributed by atoms with van der Waals surface area (Å²) in [5.41, 5.74) is 3.15. The summed E-state index contributed by atoms with van der Waals surface area (Å²) in [5, 5.41) is 20.2. The Morgan fingerprint density at radius 3 is 3.00 bits per heavy atom. The minimum absolute atomic E-state index is 0.0656. The van der Waals surface area contributed by atoms with Crippen LogP contribution < -0.4 is 5.32 Å². The minimum Gasteiger partial charge on any atom is -0.394 e. The van der Waals surface area contributed by atoms with E-state index >= 15 is 0 Å². The lowest BCUT2D eigenvalue weighted by Crippen LogP contribution is -2.04. The summed E-state index contributed by atoms with van der Waals surface area (Å²) >= 11 is 0. The average molecular weight is 276 g/mol. The van der Waals surface area contributed by atoms with Crippen molar-refractivity contribution in [2.45, 2.75) is 19.5 Å². The molecule has 0 aliphatic rings. The zero-order valence-corrected chi connectivity index (χ0v) is 11.6. The van der Waals surface area contributed by atoms with Crippen LogP contribution in [0.15, 0.2) is 30.5 Å². The summed E-state index contributed by atoms with van der Waals surface area (Å²) in [7, 11) is 1.70. The first-order valence-electron chi connectivity index (χ1n) is 6.64. The fourth-order valence-electron chi connectivity index (χ4n) is 1.94. The van der Waals surface area contributed by atoms with Crippen molar-refractivity contribution in [1.29, 1.82) is 0 Å². The number of nitrogens with one attached hydrogen (secondary N) is 1. The lowest BCUT2D eigenvalue weighted by molar-refractivity contribution is 0.202. The van der Waals surface area contributed by atoms with Crippen molar-refractivity contribution in [2.75, 3.05) is 25.6 Å². The molecule has 6 nitrogen and oxygen atoms in total. The monoisotopic (exact) mass is 276 g/mol. The number of hydrogen-bond donors (Lipinski definition) is 2. The van der Waals surface area contributed by atoms with Crippen LogP contribution in [0.3, 0.4) is 0 Å². The number of rotatable bonds is 8. The van der Waals surface area contributed by atoms with E-state index in [1.165, 1.54) is 5.56 Å². The number of hydrogen-bond acceptors (Lipinski definition) is 5. The van der Waals surface area contributed by atoms with Gasteiger partial charge in [0.2, 0.25) is 0 Å². The molecule has 0 amide bonds. The van der Waals surface area contributed by atoms with Crippen LogP contribution in [-0.2, 0) is 24.2 Å². The zero-order valence-electron chi connectivity index (χ0n) is 11.6. The Kier molecular flexibility index (Phi) is 5.52. The van der Waals surface area contributed by atoms with E-state index in [4.69, 9.17) is 9.84 Å². The number of anilines is 1. The van der Waals surface area contributed by atoms with E-state index < -0.39 is 0 Å². The molecule has 20 heavy (non-hydrogen) atoms.